The van der Waals surface area contributed by atoms with Crippen LogP contribution in [0, 0.1) is 0 Å². The first kappa shape index (κ1) is 49.4. The van der Waals surface area contributed by atoms with Crippen molar-refractivity contribution in [3.05, 3.63) is 24.3 Å². The molecule has 0 aliphatic heterocycles. The number of allylic oxidation sites excluding steroid dienone is 4. The van der Waals surface area contributed by atoms with Gasteiger partial charge < -0.3 is 10.6 Å². The molecule has 0 aromatic heterocycles. The lowest BCUT2D eigenvalue weighted by molar-refractivity contribution is -0.124. The third-order valence-electron chi connectivity index (χ3n) is 11.5. The maximum Gasteiger partial charge on any atom is 0.220 e. The van der Waals surface area contributed by atoms with Crippen molar-refractivity contribution in [2.24, 2.45) is 0 Å². The van der Waals surface area contributed by atoms with E-state index in [1.54, 1.807) is 0 Å². The van der Waals surface area contributed by atoms with Crippen molar-refractivity contribution in [2.45, 2.75) is 276 Å². The Morgan fingerprint density at radius 2 is 0.623 bits per heavy atom. The van der Waals surface area contributed by atoms with Gasteiger partial charge >= 0.3 is 0 Å². The number of hydrogen-bond acceptors (Lipinski definition) is 2. The normalized spacial score (nSPS) is 16.0. The molecule has 0 aromatic rings. The van der Waals surface area contributed by atoms with Crippen molar-refractivity contribution in [2.75, 3.05) is 0 Å². The maximum atomic E-state index is 12.6. The highest BCUT2D eigenvalue weighted by atomic mass is 16.2. The minimum atomic E-state index is 0.114. The van der Waals surface area contributed by atoms with Crippen molar-refractivity contribution in [3.63, 3.8) is 0 Å². The molecule has 0 aromatic carbocycles. The van der Waals surface area contributed by atoms with E-state index < -0.39 is 0 Å². The monoisotopic (exact) mass is 741 g/mol. The largest absolute Gasteiger partial charge is 0.351 e. The fourth-order valence-electron chi connectivity index (χ4n) is 7.99. The second-order valence-corrected chi connectivity index (χ2v) is 16.8. The molecule has 1 aliphatic rings. The zero-order valence-corrected chi connectivity index (χ0v) is 35.9. The van der Waals surface area contributed by atoms with Gasteiger partial charge in [-0.1, -0.05) is 192 Å². The topological polar surface area (TPSA) is 58.2 Å². The van der Waals surface area contributed by atoms with Crippen LogP contribution >= 0.6 is 0 Å². The summed E-state index contributed by atoms with van der Waals surface area (Å²) in [5.74, 6) is 0.348. The van der Waals surface area contributed by atoms with Crippen LogP contribution in [0.4, 0.5) is 0 Å². The Morgan fingerprint density at radius 3 is 0.906 bits per heavy atom. The van der Waals surface area contributed by atoms with Crippen LogP contribution in [0.2, 0.25) is 0 Å². The molecular formula is C49H92N2O2. The molecule has 1 rings (SSSR count). The lowest BCUT2D eigenvalue weighted by Crippen LogP contribution is -2.48. The Hall–Kier alpha value is -1.58. The number of unbranched alkanes of at least 4 members (excludes halogenated alkanes) is 30. The molecule has 4 nitrogen and oxygen atoms in total. The minimum Gasteiger partial charge on any atom is -0.351 e. The fourth-order valence-corrected chi connectivity index (χ4v) is 7.99. The summed E-state index contributed by atoms with van der Waals surface area (Å²) >= 11 is 0. The zero-order valence-electron chi connectivity index (χ0n) is 35.9. The average Bonchev–Trinajstić information content (AvgIpc) is 3.58. The van der Waals surface area contributed by atoms with Crippen LogP contribution < -0.4 is 10.6 Å². The molecule has 53 heavy (non-hydrogen) atoms. The first-order valence-corrected chi connectivity index (χ1v) is 24.1. The second-order valence-electron chi connectivity index (χ2n) is 16.8. The summed E-state index contributed by atoms with van der Waals surface area (Å²) in [5, 5.41) is 6.52. The van der Waals surface area contributed by atoms with Crippen LogP contribution in [0.1, 0.15) is 264 Å². The predicted molar refractivity (Wildman–Crippen MR) is 234 cm³/mol. The summed E-state index contributed by atoms with van der Waals surface area (Å²) in [4.78, 5) is 25.3. The molecule has 2 atom stereocenters. The number of amides is 2. The molecule has 0 heterocycles. The third-order valence-corrected chi connectivity index (χ3v) is 11.5. The Labute approximate surface area is 331 Å². The van der Waals surface area contributed by atoms with Crippen molar-refractivity contribution < 1.29 is 9.59 Å². The zero-order chi connectivity index (χ0) is 38.1. The molecule has 4 heteroatoms. The Morgan fingerprint density at radius 1 is 0.377 bits per heavy atom. The van der Waals surface area contributed by atoms with Crippen LogP contribution in [-0.4, -0.2) is 23.9 Å². The SMILES string of the molecule is CCCCCCCCC=CCCCCCCCCCCCC(=O)N[C@H]1CCC[C@H]1NC(=O)CCCCCCCCCCCC=CCCCCCCCC. The van der Waals surface area contributed by atoms with Gasteiger partial charge in [0, 0.05) is 24.9 Å². The summed E-state index contributed by atoms with van der Waals surface area (Å²) in [7, 11) is 0. The van der Waals surface area contributed by atoms with Crippen molar-refractivity contribution >= 4 is 11.8 Å². The van der Waals surface area contributed by atoms with Crippen LogP contribution in [-0.2, 0) is 9.59 Å². The number of carbonyl (C=O) groups excluding carboxylic acids is 2. The van der Waals surface area contributed by atoms with E-state index in [9.17, 15) is 9.59 Å². The van der Waals surface area contributed by atoms with Gasteiger partial charge in [0.1, 0.15) is 0 Å². The molecule has 0 unspecified atom stereocenters. The highest BCUT2D eigenvalue weighted by Crippen LogP contribution is 2.21. The molecule has 1 fully saturated rings. The summed E-state index contributed by atoms with van der Waals surface area (Å²) in [6, 6.07) is 0.228. The quantitative estimate of drug-likeness (QED) is 0.0485. The second kappa shape index (κ2) is 40.1. The lowest BCUT2D eigenvalue weighted by atomic mass is 10.0. The predicted octanol–water partition coefficient (Wildman–Crippen LogP) is 15.3. The molecule has 0 radical (unpaired) electrons. The first-order chi connectivity index (χ1) is 26.2. The van der Waals surface area contributed by atoms with Gasteiger partial charge in [0.15, 0.2) is 0 Å². The van der Waals surface area contributed by atoms with Crippen LogP contribution in [0.5, 0.6) is 0 Å². The Bertz CT molecular complexity index is 783. The number of hydrogen-bond donors (Lipinski definition) is 2. The average molecular weight is 741 g/mol. The van der Waals surface area contributed by atoms with Crippen molar-refractivity contribution in [3.8, 4) is 0 Å². The number of carbonyl (C=O) groups is 2. The van der Waals surface area contributed by atoms with Crippen LogP contribution in [0.25, 0.3) is 0 Å². The minimum absolute atomic E-state index is 0.114. The molecule has 1 aliphatic carbocycles. The maximum absolute atomic E-state index is 12.6. The van der Waals surface area contributed by atoms with E-state index in [4.69, 9.17) is 0 Å². The van der Waals surface area contributed by atoms with Gasteiger partial charge in [-0.25, -0.2) is 0 Å². The molecule has 2 amide bonds. The van der Waals surface area contributed by atoms with E-state index in [1.165, 1.54) is 193 Å². The van der Waals surface area contributed by atoms with E-state index in [0.29, 0.717) is 12.8 Å². The van der Waals surface area contributed by atoms with Crippen LogP contribution in [0.3, 0.4) is 0 Å². The molecule has 2 N–H and O–H groups in total. The molecule has 310 valence electrons. The summed E-state index contributed by atoms with van der Waals surface area (Å²) in [6.45, 7) is 4.57. The number of nitrogens with one attached hydrogen (secondary N) is 2. The van der Waals surface area contributed by atoms with Gasteiger partial charge in [0.25, 0.3) is 0 Å². The Kier molecular flexibility index (Phi) is 37.4. The van der Waals surface area contributed by atoms with E-state index in [2.05, 4.69) is 48.8 Å². The smallest absolute Gasteiger partial charge is 0.220 e. The summed E-state index contributed by atoms with van der Waals surface area (Å²) < 4.78 is 0. The fraction of sp³-hybridized carbons (Fsp3) is 0.878. The molecule has 1 saturated carbocycles. The lowest BCUT2D eigenvalue weighted by Gasteiger charge is -2.22. The summed E-state index contributed by atoms with van der Waals surface area (Å²) in [6.07, 6.45) is 58.6. The van der Waals surface area contributed by atoms with Gasteiger partial charge in [-0.2, -0.15) is 0 Å². The van der Waals surface area contributed by atoms with E-state index >= 15 is 0 Å². The van der Waals surface area contributed by atoms with E-state index in [-0.39, 0.29) is 23.9 Å². The number of rotatable bonds is 40. The highest BCUT2D eigenvalue weighted by molar-refractivity contribution is 5.78. The first-order valence-electron chi connectivity index (χ1n) is 24.1. The molecular weight excluding hydrogens is 649 g/mol. The van der Waals surface area contributed by atoms with E-state index in [1.807, 2.05) is 0 Å². The Balaban J connectivity index is 1.88. The van der Waals surface area contributed by atoms with Crippen LogP contribution in [0.15, 0.2) is 24.3 Å². The van der Waals surface area contributed by atoms with Gasteiger partial charge in [0.05, 0.1) is 0 Å². The van der Waals surface area contributed by atoms with Crippen molar-refractivity contribution in [1.82, 2.24) is 10.6 Å². The molecule has 0 bridgehead atoms. The van der Waals surface area contributed by atoms with Gasteiger partial charge in [-0.05, 0) is 83.5 Å². The van der Waals surface area contributed by atoms with Crippen molar-refractivity contribution in [1.29, 1.82) is 0 Å². The summed E-state index contributed by atoms with van der Waals surface area (Å²) in [5.41, 5.74) is 0. The van der Waals surface area contributed by atoms with Gasteiger partial charge in [0.2, 0.25) is 11.8 Å². The highest BCUT2D eigenvalue weighted by Gasteiger charge is 2.29. The van der Waals surface area contributed by atoms with Gasteiger partial charge in [-0.3, -0.25) is 9.59 Å². The standard InChI is InChI=1S/C49H92N2O2/c1-3-5-7-9-11-13-15-17-19-21-23-25-27-29-31-33-35-37-39-44-48(52)50-46-42-41-43-47(46)51-49(53)45-40-38-36-34-32-30-28-26-24-22-20-18-16-14-12-10-8-6-4-2/h17-20,46-47H,3-16,21-45H2,1-2H3,(H,50,52)(H,51,53)/t46-,47+. The molecule has 0 spiro atoms. The molecule has 0 saturated heterocycles. The van der Waals surface area contributed by atoms with Gasteiger partial charge in [-0.15, -0.1) is 0 Å². The van der Waals surface area contributed by atoms with E-state index in [0.717, 1.165) is 44.9 Å². The third kappa shape index (κ3) is 34.6.